The van der Waals surface area contributed by atoms with Crippen molar-refractivity contribution in [3.8, 4) is 0 Å². The lowest BCUT2D eigenvalue weighted by Crippen LogP contribution is -2.35. The first-order valence-electron chi connectivity index (χ1n) is 5.59. The molecular weight excluding hydrogens is 269 g/mol. The van der Waals surface area contributed by atoms with Gasteiger partial charge in [-0.1, -0.05) is 26.8 Å². The van der Waals surface area contributed by atoms with Crippen molar-refractivity contribution in [2.75, 3.05) is 7.05 Å². The maximum absolute atomic E-state index is 13.1. The molecule has 2 atom stereocenters. The molecule has 0 radical (unpaired) electrons. The number of nitrogens with one attached hydrogen (secondary N) is 1. The minimum Gasteiger partial charge on any atom is -0.316 e. The maximum Gasteiger partial charge on any atom is 0.137 e. The van der Waals surface area contributed by atoms with E-state index in [9.17, 15) is 4.39 Å². The highest BCUT2D eigenvalue weighted by Crippen LogP contribution is 2.27. The van der Waals surface area contributed by atoms with Gasteiger partial charge in [0.1, 0.15) is 5.82 Å². The Balaban J connectivity index is 2.94. The number of hydrogen-bond acceptors (Lipinski definition) is 1. The summed E-state index contributed by atoms with van der Waals surface area (Å²) in [4.78, 5) is 0. The van der Waals surface area contributed by atoms with Crippen molar-refractivity contribution < 1.29 is 4.39 Å². The average molecular weight is 288 g/mol. The molecule has 0 aliphatic carbocycles. The summed E-state index contributed by atoms with van der Waals surface area (Å²) in [6.45, 7) is 6.55. The van der Waals surface area contributed by atoms with Gasteiger partial charge in [-0.05, 0) is 52.5 Å². The van der Waals surface area contributed by atoms with Crippen molar-refractivity contribution in [2.45, 2.75) is 32.7 Å². The summed E-state index contributed by atoms with van der Waals surface area (Å²) in [6, 6.07) is 5.64. The molecule has 0 saturated carbocycles. The Morgan fingerprint density at radius 2 is 1.88 bits per heavy atom. The number of halogens is 2. The maximum atomic E-state index is 13.1. The van der Waals surface area contributed by atoms with Crippen LogP contribution in [0.1, 0.15) is 32.3 Å². The van der Waals surface area contributed by atoms with Gasteiger partial charge >= 0.3 is 0 Å². The monoisotopic (exact) mass is 287 g/mol. The number of likely N-dealkylation sites (N-methyl/N-ethyl adjacent to an activating group) is 1. The lowest BCUT2D eigenvalue weighted by Gasteiger charge is -2.27. The molecule has 0 bridgehead atoms. The first-order valence-corrected chi connectivity index (χ1v) is 6.39. The zero-order chi connectivity index (χ0) is 12.3. The molecule has 0 saturated heterocycles. The summed E-state index contributed by atoms with van der Waals surface area (Å²) in [5.41, 5.74) is 1.15. The van der Waals surface area contributed by atoms with Gasteiger partial charge in [-0.2, -0.15) is 0 Å². The van der Waals surface area contributed by atoms with Gasteiger partial charge in [0.2, 0.25) is 0 Å². The molecule has 1 N–H and O–H groups in total. The van der Waals surface area contributed by atoms with Crippen LogP contribution in [0.2, 0.25) is 0 Å². The van der Waals surface area contributed by atoms with Gasteiger partial charge < -0.3 is 5.32 Å². The van der Waals surface area contributed by atoms with Crippen molar-refractivity contribution in [3.63, 3.8) is 0 Å². The smallest absolute Gasteiger partial charge is 0.137 e. The van der Waals surface area contributed by atoms with E-state index >= 15 is 0 Å². The fourth-order valence-corrected chi connectivity index (χ4v) is 2.56. The summed E-state index contributed by atoms with van der Waals surface area (Å²) in [5.74, 6) is 0.701. The number of benzene rings is 1. The van der Waals surface area contributed by atoms with Gasteiger partial charge in [0, 0.05) is 6.04 Å². The minimum atomic E-state index is -0.207. The topological polar surface area (TPSA) is 12.0 Å². The van der Waals surface area contributed by atoms with Crippen LogP contribution in [-0.4, -0.2) is 13.1 Å². The highest BCUT2D eigenvalue weighted by Gasteiger charge is 2.20. The molecule has 0 aliphatic rings. The van der Waals surface area contributed by atoms with Crippen molar-refractivity contribution in [1.82, 2.24) is 5.32 Å². The van der Waals surface area contributed by atoms with Gasteiger partial charge in [0.05, 0.1) is 4.47 Å². The normalized spacial score (nSPS) is 15.2. The molecule has 1 aromatic carbocycles. The Hall–Kier alpha value is -0.410. The van der Waals surface area contributed by atoms with Crippen molar-refractivity contribution in [2.24, 2.45) is 5.92 Å². The quantitative estimate of drug-likeness (QED) is 0.885. The van der Waals surface area contributed by atoms with E-state index in [-0.39, 0.29) is 5.82 Å². The summed E-state index contributed by atoms with van der Waals surface area (Å²) < 4.78 is 13.7. The third-order valence-electron chi connectivity index (χ3n) is 3.06. The molecule has 1 rings (SSSR count). The predicted molar refractivity (Wildman–Crippen MR) is 70.2 cm³/mol. The first kappa shape index (κ1) is 13.7. The van der Waals surface area contributed by atoms with Gasteiger partial charge in [-0.3, -0.25) is 0 Å². The summed E-state index contributed by atoms with van der Waals surface area (Å²) in [6.07, 6.45) is 0. The molecule has 3 heteroatoms. The molecule has 1 nitrogen and oxygen atoms in total. The van der Waals surface area contributed by atoms with Crippen LogP contribution in [0.4, 0.5) is 4.39 Å². The molecule has 0 heterocycles. The van der Waals surface area contributed by atoms with Crippen LogP contribution in [0.3, 0.4) is 0 Å². The molecule has 1 aromatic rings. The van der Waals surface area contributed by atoms with Crippen LogP contribution in [0.15, 0.2) is 22.7 Å². The van der Waals surface area contributed by atoms with Crippen LogP contribution in [-0.2, 0) is 0 Å². The molecule has 0 fully saturated rings. The van der Waals surface area contributed by atoms with Crippen molar-refractivity contribution >= 4 is 15.9 Å². The van der Waals surface area contributed by atoms with Crippen LogP contribution >= 0.6 is 15.9 Å². The lowest BCUT2D eigenvalue weighted by molar-refractivity contribution is 0.376. The zero-order valence-electron chi connectivity index (χ0n) is 10.2. The summed E-state index contributed by atoms with van der Waals surface area (Å²) >= 11 is 3.23. The second kappa shape index (κ2) is 5.78. The molecule has 2 unspecified atom stereocenters. The van der Waals surface area contributed by atoms with E-state index in [0.717, 1.165) is 5.56 Å². The van der Waals surface area contributed by atoms with E-state index in [1.54, 1.807) is 0 Å². The molecule has 0 spiro atoms. The average Bonchev–Trinajstić information content (AvgIpc) is 2.22. The van der Waals surface area contributed by atoms with E-state index in [0.29, 0.717) is 22.4 Å². The number of rotatable bonds is 4. The predicted octanol–water partition coefficient (Wildman–Crippen LogP) is 3.94. The van der Waals surface area contributed by atoms with Crippen molar-refractivity contribution in [3.05, 3.63) is 34.1 Å². The highest BCUT2D eigenvalue weighted by atomic mass is 79.9. The Morgan fingerprint density at radius 3 is 2.31 bits per heavy atom. The Labute approximate surface area is 106 Å². The van der Waals surface area contributed by atoms with Crippen LogP contribution in [0.5, 0.6) is 0 Å². The molecule has 0 aromatic heterocycles. The molecule has 90 valence electrons. The third-order valence-corrected chi connectivity index (χ3v) is 3.67. The van der Waals surface area contributed by atoms with Gasteiger partial charge in [-0.25, -0.2) is 4.39 Å². The Morgan fingerprint density at radius 1 is 1.25 bits per heavy atom. The van der Waals surface area contributed by atoms with Gasteiger partial charge in [0.25, 0.3) is 0 Å². The Kier molecular flexibility index (Phi) is 4.93. The van der Waals surface area contributed by atoms with Crippen molar-refractivity contribution in [1.29, 1.82) is 0 Å². The first-order chi connectivity index (χ1) is 7.47. The van der Waals surface area contributed by atoms with E-state index in [1.807, 2.05) is 19.2 Å². The fraction of sp³-hybridized carbons (Fsp3) is 0.538. The largest absolute Gasteiger partial charge is 0.316 e. The highest BCUT2D eigenvalue weighted by molar-refractivity contribution is 9.10. The summed E-state index contributed by atoms with van der Waals surface area (Å²) in [7, 11) is 1.97. The summed E-state index contributed by atoms with van der Waals surface area (Å²) in [5, 5.41) is 3.32. The van der Waals surface area contributed by atoms with Crippen LogP contribution in [0.25, 0.3) is 0 Å². The zero-order valence-corrected chi connectivity index (χ0v) is 11.8. The molecule has 16 heavy (non-hydrogen) atoms. The molecule has 0 amide bonds. The Bertz CT molecular complexity index is 352. The molecular formula is C13H19BrFN. The van der Waals surface area contributed by atoms with Crippen LogP contribution in [0, 0.1) is 11.7 Å². The van der Waals surface area contributed by atoms with E-state index in [4.69, 9.17) is 0 Å². The fourth-order valence-electron chi connectivity index (χ4n) is 2.16. The molecule has 0 aliphatic heterocycles. The van der Waals surface area contributed by atoms with Gasteiger partial charge in [0.15, 0.2) is 0 Å². The number of hydrogen-bond donors (Lipinski definition) is 1. The minimum absolute atomic E-state index is 0.207. The third kappa shape index (κ3) is 3.05. The van der Waals surface area contributed by atoms with E-state index in [2.05, 4.69) is 42.0 Å². The van der Waals surface area contributed by atoms with E-state index < -0.39 is 0 Å². The standard InChI is InChI=1S/C13H19BrFN/c1-8(2)13(16-4)9(3)10-5-6-12(15)11(14)7-10/h5-9,13,16H,1-4H3. The van der Waals surface area contributed by atoms with Crippen LogP contribution < -0.4 is 5.32 Å². The van der Waals surface area contributed by atoms with E-state index in [1.165, 1.54) is 6.07 Å². The SMILES string of the molecule is CNC(C(C)C)C(C)c1ccc(F)c(Br)c1. The second-order valence-corrected chi connectivity index (χ2v) is 5.38. The van der Waals surface area contributed by atoms with Gasteiger partial charge in [-0.15, -0.1) is 0 Å². The lowest BCUT2D eigenvalue weighted by atomic mass is 9.86. The second-order valence-electron chi connectivity index (χ2n) is 4.52.